The fourth-order valence-corrected chi connectivity index (χ4v) is 2.24. The second kappa shape index (κ2) is 5.90. The van der Waals surface area contributed by atoms with Crippen LogP contribution in [-0.2, 0) is 0 Å². The molecule has 3 heteroatoms. The van der Waals surface area contributed by atoms with Crippen LogP contribution in [0.5, 0.6) is 0 Å². The molecule has 0 aliphatic carbocycles. The highest BCUT2D eigenvalue weighted by Crippen LogP contribution is 2.21. The van der Waals surface area contributed by atoms with Gasteiger partial charge in [0.2, 0.25) is 0 Å². The molecule has 0 spiro atoms. The number of amides is 1. The van der Waals surface area contributed by atoms with Gasteiger partial charge in [0.25, 0.3) is 5.91 Å². The SMILES string of the molecule is C#CC(CC)NC(=O)c1ccc2cc(Br)ccc2c1. The van der Waals surface area contributed by atoms with Crippen LogP contribution in [0.15, 0.2) is 40.9 Å². The number of hydrogen-bond acceptors (Lipinski definition) is 1. The molecule has 2 aromatic carbocycles. The Labute approximate surface area is 121 Å². The number of carbonyl (C=O) groups excluding carboxylic acids is 1. The van der Waals surface area contributed by atoms with Crippen molar-refractivity contribution in [2.75, 3.05) is 0 Å². The number of hydrogen-bond donors (Lipinski definition) is 1. The summed E-state index contributed by atoms with van der Waals surface area (Å²) in [5, 5.41) is 4.95. The molecule has 0 heterocycles. The quantitative estimate of drug-likeness (QED) is 0.859. The molecule has 0 aromatic heterocycles. The van der Waals surface area contributed by atoms with E-state index in [2.05, 4.69) is 27.2 Å². The number of fused-ring (bicyclic) bond motifs is 1. The van der Waals surface area contributed by atoms with Crippen molar-refractivity contribution in [2.24, 2.45) is 0 Å². The zero-order chi connectivity index (χ0) is 13.8. The van der Waals surface area contributed by atoms with E-state index in [-0.39, 0.29) is 11.9 Å². The summed E-state index contributed by atoms with van der Waals surface area (Å²) in [5.41, 5.74) is 0.628. The Balaban J connectivity index is 2.28. The summed E-state index contributed by atoms with van der Waals surface area (Å²) in [6.45, 7) is 1.95. The van der Waals surface area contributed by atoms with Gasteiger partial charge in [-0.2, -0.15) is 0 Å². The van der Waals surface area contributed by atoms with Crippen LogP contribution in [0.1, 0.15) is 23.7 Å². The molecule has 0 saturated heterocycles. The molecule has 96 valence electrons. The summed E-state index contributed by atoms with van der Waals surface area (Å²) in [6, 6.07) is 11.4. The maximum Gasteiger partial charge on any atom is 0.252 e. The number of halogens is 1. The van der Waals surface area contributed by atoms with E-state index >= 15 is 0 Å². The molecule has 1 unspecified atom stereocenters. The maximum absolute atomic E-state index is 12.1. The number of carbonyl (C=O) groups is 1. The van der Waals surface area contributed by atoms with Crippen LogP contribution in [0.2, 0.25) is 0 Å². The predicted octanol–water partition coefficient (Wildman–Crippen LogP) is 3.74. The molecule has 2 rings (SSSR count). The topological polar surface area (TPSA) is 29.1 Å². The molecule has 1 amide bonds. The summed E-state index contributed by atoms with van der Waals surface area (Å²) in [7, 11) is 0. The van der Waals surface area contributed by atoms with E-state index in [1.54, 1.807) is 0 Å². The van der Waals surface area contributed by atoms with Gasteiger partial charge in [-0.1, -0.05) is 40.9 Å². The van der Waals surface area contributed by atoms with Crippen LogP contribution in [0, 0.1) is 12.3 Å². The molecular weight excluding hydrogens is 302 g/mol. The van der Waals surface area contributed by atoms with E-state index in [1.165, 1.54) is 0 Å². The molecule has 2 aromatic rings. The number of benzene rings is 2. The summed E-state index contributed by atoms with van der Waals surface area (Å²) in [5.74, 6) is 2.43. The highest BCUT2D eigenvalue weighted by molar-refractivity contribution is 9.10. The fraction of sp³-hybridized carbons (Fsp3) is 0.188. The average Bonchev–Trinajstić information content (AvgIpc) is 2.43. The highest BCUT2D eigenvalue weighted by atomic mass is 79.9. The lowest BCUT2D eigenvalue weighted by molar-refractivity contribution is 0.0945. The lowest BCUT2D eigenvalue weighted by Crippen LogP contribution is -2.33. The Morgan fingerprint density at radius 2 is 2.00 bits per heavy atom. The molecule has 0 fully saturated rings. The fourth-order valence-electron chi connectivity index (χ4n) is 1.86. The zero-order valence-corrected chi connectivity index (χ0v) is 12.2. The van der Waals surface area contributed by atoms with Crippen LogP contribution >= 0.6 is 15.9 Å². The largest absolute Gasteiger partial charge is 0.338 e. The first-order valence-electron chi connectivity index (χ1n) is 6.10. The summed E-state index contributed by atoms with van der Waals surface area (Å²) < 4.78 is 1.02. The number of terminal acetylenes is 1. The van der Waals surface area contributed by atoms with E-state index < -0.39 is 0 Å². The average molecular weight is 316 g/mol. The standard InChI is InChI=1S/C16H14BrNO/c1-3-15(4-2)18-16(19)13-6-5-12-10-14(17)8-7-11(12)9-13/h1,5-10,15H,4H2,2H3,(H,18,19). The Morgan fingerprint density at radius 3 is 2.68 bits per heavy atom. The van der Waals surface area contributed by atoms with Crippen molar-refractivity contribution in [3.05, 3.63) is 46.4 Å². The Morgan fingerprint density at radius 1 is 1.32 bits per heavy atom. The molecule has 0 bridgehead atoms. The minimum atomic E-state index is -0.215. The third-order valence-corrected chi connectivity index (χ3v) is 3.47. The van der Waals surface area contributed by atoms with Crippen molar-refractivity contribution in [2.45, 2.75) is 19.4 Å². The van der Waals surface area contributed by atoms with Crippen molar-refractivity contribution in [1.29, 1.82) is 0 Å². The second-order valence-corrected chi connectivity index (χ2v) is 5.22. The van der Waals surface area contributed by atoms with Gasteiger partial charge in [0.15, 0.2) is 0 Å². The van der Waals surface area contributed by atoms with E-state index in [4.69, 9.17) is 6.42 Å². The monoisotopic (exact) mass is 315 g/mol. The first-order valence-corrected chi connectivity index (χ1v) is 6.89. The smallest absolute Gasteiger partial charge is 0.252 e. The van der Waals surface area contributed by atoms with E-state index in [0.717, 1.165) is 21.7 Å². The molecule has 1 N–H and O–H groups in total. The summed E-state index contributed by atoms with van der Waals surface area (Å²) >= 11 is 3.43. The van der Waals surface area contributed by atoms with Gasteiger partial charge in [-0.05, 0) is 41.5 Å². The van der Waals surface area contributed by atoms with Crippen LogP contribution in [-0.4, -0.2) is 11.9 Å². The maximum atomic E-state index is 12.1. The normalized spacial score (nSPS) is 11.8. The highest BCUT2D eigenvalue weighted by Gasteiger charge is 2.10. The van der Waals surface area contributed by atoms with Gasteiger partial charge >= 0.3 is 0 Å². The molecule has 19 heavy (non-hydrogen) atoms. The lowest BCUT2D eigenvalue weighted by Gasteiger charge is -2.11. The molecule has 0 saturated carbocycles. The van der Waals surface area contributed by atoms with Crippen molar-refractivity contribution < 1.29 is 4.79 Å². The molecule has 0 radical (unpaired) electrons. The van der Waals surface area contributed by atoms with E-state index in [0.29, 0.717) is 5.56 Å². The van der Waals surface area contributed by atoms with Crippen LogP contribution < -0.4 is 5.32 Å². The summed E-state index contributed by atoms with van der Waals surface area (Å²) in [6.07, 6.45) is 6.07. The van der Waals surface area contributed by atoms with Crippen molar-refractivity contribution in [3.63, 3.8) is 0 Å². The first-order chi connectivity index (χ1) is 9.13. The van der Waals surface area contributed by atoms with Crippen LogP contribution in [0.25, 0.3) is 10.8 Å². The lowest BCUT2D eigenvalue weighted by atomic mass is 10.1. The van der Waals surface area contributed by atoms with Crippen LogP contribution in [0.3, 0.4) is 0 Å². The van der Waals surface area contributed by atoms with Crippen molar-refractivity contribution in [1.82, 2.24) is 5.32 Å². The van der Waals surface area contributed by atoms with Gasteiger partial charge in [-0.3, -0.25) is 4.79 Å². The minimum absolute atomic E-state index is 0.130. The second-order valence-electron chi connectivity index (χ2n) is 4.31. The van der Waals surface area contributed by atoms with Gasteiger partial charge in [0.05, 0.1) is 6.04 Å². The predicted molar refractivity (Wildman–Crippen MR) is 82.0 cm³/mol. The Bertz CT molecular complexity index is 657. The van der Waals surface area contributed by atoms with Gasteiger partial charge in [-0.15, -0.1) is 6.42 Å². The first kappa shape index (κ1) is 13.6. The molecule has 2 nitrogen and oxygen atoms in total. The van der Waals surface area contributed by atoms with E-state index in [1.807, 2.05) is 43.3 Å². The van der Waals surface area contributed by atoms with Gasteiger partial charge in [0.1, 0.15) is 0 Å². The number of nitrogens with one attached hydrogen (secondary N) is 1. The van der Waals surface area contributed by atoms with Crippen molar-refractivity contribution in [3.8, 4) is 12.3 Å². The van der Waals surface area contributed by atoms with Gasteiger partial charge in [0, 0.05) is 10.0 Å². The van der Waals surface area contributed by atoms with Gasteiger partial charge in [-0.25, -0.2) is 0 Å². The Kier molecular flexibility index (Phi) is 4.24. The van der Waals surface area contributed by atoms with Gasteiger partial charge < -0.3 is 5.32 Å². The molecule has 1 atom stereocenters. The zero-order valence-electron chi connectivity index (χ0n) is 10.6. The molecular formula is C16H14BrNO. The van der Waals surface area contributed by atoms with Crippen LogP contribution in [0.4, 0.5) is 0 Å². The third kappa shape index (κ3) is 3.15. The minimum Gasteiger partial charge on any atom is -0.338 e. The number of rotatable bonds is 3. The molecule has 0 aliphatic heterocycles. The van der Waals surface area contributed by atoms with E-state index in [9.17, 15) is 4.79 Å². The summed E-state index contributed by atoms with van der Waals surface area (Å²) in [4.78, 5) is 12.1. The van der Waals surface area contributed by atoms with Crippen molar-refractivity contribution >= 4 is 32.6 Å². The molecule has 0 aliphatic rings. The Hall–Kier alpha value is -1.79. The third-order valence-electron chi connectivity index (χ3n) is 2.98.